The Labute approximate surface area is 184 Å². The molecular formula is C22H24ClNO5S. The molecule has 2 aromatic rings. The Kier molecular flexibility index (Phi) is 8.20. The zero-order valence-corrected chi connectivity index (χ0v) is 19.0. The van der Waals surface area contributed by atoms with Crippen molar-refractivity contribution in [3.63, 3.8) is 0 Å². The van der Waals surface area contributed by atoms with Gasteiger partial charge in [-0.15, -0.1) is 11.3 Å². The SMILES string of the molecule is Cc1c(C(=O)OC(C)C)sc(NC(=O)C=Cc2cccc(Cl)c2)c1C(=O)OC(C)C. The maximum atomic E-state index is 12.6. The Bertz CT molecular complexity index is 978. The standard InChI is InChI=1S/C22H24ClNO5S/c1-12(2)28-21(26)18-14(5)19(22(27)29-13(3)4)30-20(18)24-17(25)10-9-15-7-6-8-16(23)11-15/h6-13H,1-5H3,(H,24,25). The first-order chi connectivity index (χ1) is 14.1. The molecule has 0 aliphatic heterocycles. The molecule has 0 bridgehead atoms. The number of halogens is 1. The fraction of sp³-hybridized carbons (Fsp3) is 0.318. The molecule has 2 rings (SSSR count). The van der Waals surface area contributed by atoms with Crippen LogP contribution in [0, 0.1) is 6.92 Å². The Morgan fingerprint density at radius 2 is 1.70 bits per heavy atom. The van der Waals surface area contributed by atoms with E-state index in [1.54, 1.807) is 65.0 Å². The summed E-state index contributed by atoms with van der Waals surface area (Å²) in [6, 6.07) is 7.02. The average Bonchev–Trinajstić information content (AvgIpc) is 2.95. The van der Waals surface area contributed by atoms with Crippen LogP contribution in [-0.4, -0.2) is 30.1 Å². The molecule has 30 heavy (non-hydrogen) atoms. The Hall–Kier alpha value is -2.64. The number of amides is 1. The Balaban J connectivity index is 2.33. The molecule has 1 N–H and O–H groups in total. The molecule has 0 unspecified atom stereocenters. The predicted molar refractivity (Wildman–Crippen MR) is 119 cm³/mol. The van der Waals surface area contributed by atoms with Gasteiger partial charge in [-0.2, -0.15) is 0 Å². The Morgan fingerprint density at radius 1 is 1.07 bits per heavy atom. The van der Waals surface area contributed by atoms with Crippen LogP contribution in [0.2, 0.25) is 5.02 Å². The van der Waals surface area contributed by atoms with Crippen molar-refractivity contribution >= 4 is 51.9 Å². The molecule has 0 spiro atoms. The van der Waals surface area contributed by atoms with E-state index in [1.165, 1.54) is 6.08 Å². The quantitative estimate of drug-likeness (QED) is 0.446. The maximum Gasteiger partial charge on any atom is 0.348 e. The molecule has 8 heteroatoms. The minimum absolute atomic E-state index is 0.147. The lowest BCUT2D eigenvalue weighted by Crippen LogP contribution is -2.16. The largest absolute Gasteiger partial charge is 0.459 e. The number of carbonyl (C=O) groups excluding carboxylic acids is 3. The summed E-state index contributed by atoms with van der Waals surface area (Å²) in [5.74, 6) is -1.63. The second kappa shape index (κ2) is 10.4. The van der Waals surface area contributed by atoms with Gasteiger partial charge in [-0.1, -0.05) is 23.7 Å². The van der Waals surface area contributed by atoms with Gasteiger partial charge in [0.15, 0.2) is 0 Å². The van der Waals surface area contributed by atoms with Gasteiger partial charge in [-0.05, 0) is 64.0 Å². The van der Waals surface area contributed by atoms with Gasteiger partial charge in [-0.25, -0.2) is 9.59 Å². The van der Waals surface area contributed by atoms with Gasteiger partial charge >= 0.3 is 11.9 Å². The molecule has 1 aromatic carbocycles. The average molecular weight is 450 g/mol. The molecular weight excluding hydrogens is 426 g/mol. The van der Waals surface area contributed by atoms with Gasteiger partial charge in [0.05, 0.1) is 17.8 Å². The van der Waals surface area contributed by atoms with Gasteiger partial charge < -0.3 is 14.8 Å². The van der Waals surface area contributed by atoms with Crippen molar-refractivity contribution < 1.29 is 23.9 Å². The number of anilines is 1. The smallest absolute Gasteiger partial charge is 0.348 e. The van der Waals surface area contributed by atoms with Crippen LogP contribution in [0.1, 0.15) is 58.9 Å². The van der Waals surface area contributed by atoms with E-state index in [0.717, 1.165) is 16.9 Å². The highest BCUT2D eigenvalue weighted by Gasteiger charge is 2.28. The Morgan fingerprint density at radius 3 is 2.30 bits per heavy atom. The third-order valence-electron chi connectivity index (χ3n) is 3.73. The third-order valence-corrected chi connectivity index (χ3v) is 5.16. The van der Waals surface area contributed by atoms with Crippen LogP contribution in [0.15, 0.2) is 30.3 Å². The highest BCUT2D eigenvalue weighted by molar-refractivity contribution is 7.18. The van der Waals surface area contributed by atoms with Crippen LogP contribution in [0.5, 0.6) is 0 Å². The fourth-order valence-corrected chi connectivity index (χ4v) is 3.80. The van der Waals surface area contributed by atoms with E-state index in [4.69, 9.17) is 21.1 Å². The number of benzene rings is 1. The van der Waals surface area contributed by atoms with Crippen LogP contribution in [-0.2, 0) is 14.3 Å². The van der Waals surface area contributed by atoms with Crippen molar-refractivity contribution in [3.8, 4) is 0 Å². The fourth-order valence-electron chi connectivity index (χ4n) is 2.52. The number of thiophene rings is 1. The van der Waals surface area contributed by atoms with Crippen molar-refractivity contribution in [2.75, 3.05) is 5.32 Å². The number of esters is 2. The summed E-state index contributed by atoms with van der Waals surface area (Å²) in [5.41, 5.74) is 1.31. The minimum atomic E-state index is -0.614. The van der Waals surface area contributed by atoms with Crippen LogP contribution in [0.4, 0.5) is 5.00 Å². The lowest BCUT2D eigenvalue weighted by atomic mass is 10.1. The van der Waals surface area contributed by atoms with E-state index in [2.05, 4.69) is 5.32 Å². The number of rotatable bonds is 7. The van der Waals surface area contributed by atoms with Crippen LogP contribution < -0.4 is 5.32 Å². The first-order valence-electron chi connectivity index (χ1n) is 9.38. The minimum Gasteiger partial charge on any atom is -0.459 e. The van der Waals surface area contributed by atoms with Crippen LogP contribution >= 0.6 is 22.9 Å². The number of nitrogens with one attached hydrogen (secondary N) is 1. The monoisotopic (exact) mass is 449 g/mol. The molecule has 0 aliphatic carbocycles. The van der Waals surface area contributed by atoms with Crippen molar-refractivity contribution in [2.45, 2.75) is 46.8 Å². The lowest BCUT2D eigenvalue weighted by molar-refractivity contribution is -0.111. The van der Waals surface area contributed by atoms with E-state index in [-0.39, 0.29) is 27.6 Å². The second-order valence-corrected chi connectivity index (χ2v) is 8.50. The summed E-state index contributed by atoms with van der Waals surface area (Å²) in [5, 5.41) is 3.46. The summed E-state index contributed by atoms with van der Waals surface area (Å²) in [6.07, 6.45) is 2.25. The normalized spacial score (nSPS) is 11.2. The molecule has 0 fully saturated rings. The molecule has 160 valence electrons. The molecule has 0 aliphatic rings. The zero-order valence-electron chi connectivity index (χ0n) is 17.4. The summed E-state index contributed by atoms with van der Waals surface area (Å²) in [7, 11) is 0. The maximum absolute atomic E-state index is 12.6. The first-order valence-corrected chi connectivity index (χ1v) is 10.6. The second-order valence-electron chi connectivity index (χ2n) is 7.05. The topological polar surface area (TPSA) is 81.7 Å². The molecule has 1 heterocycles. The highest BCUT2D eigenvalue weighted by atomic mass is 35.5. The van der Waals surface area contributed by atoms with Crippen LogP contribution in [0.3, 0.4) is 0 Å². The van der Waals surface area contributed by atoms with Gasteiger partial charge in [0.25, 0.3) is 0 Å². The summed E-state index contributed by atoms with van der Waals surface area (Å²) in [6.45, 7) is 8.54. The van der Waals surface area contributed by atoms with E-state index in [9.17, 15) is 14.4 Å². The number of carbonyl (C=O) groups is 3. The third kappa shape index (κ3) is 6.43. The molecule has 0 saturated carbocycles. The summed E-state index contributed by atoms with van der Waals surface area (Å²) < 4.78 is 10.5. The van der Waals surface area contributed by atoms with E-state index < -0.39 is 17.8 Å². The number of ether oxygens (including phenoxy) is 2. The number of hydrogen-bond donors (Lipinski definition) is 1. The van der Waals surface area contributed by atoms with E-state index in [1.807, 2.05) is 0 Å². The van der Waals surface area contributed by atoms with Crippen molar-refractivity contribution in [2.24, 2.45) is 0 Å². The van der Waals surface area contributed by atoms with Gasteiger partial charge in [0.1, 0.15) is 9.88 Å². The molecule has 1 amide bonds. The molecule has 0 atom stereocenters. The lowest BCUT2D eigenvalue weighted by Gasteiger charge is -2.10. The zero-order chi connectivity index (χ0) is 22.4. The van der Waals surface area contributed by atoms with Crippen LogP contribution in [0.25, 0.3) is 6.08 Å². The molecule has 0 radical (unpaired) electrons. The van der Waals surface area contributed by atoms with Crippen molar-refractivity contribution in [1.29, 1.82) is 0 Å². The van der Waals surface area contributed by atoms with Gasteiger partial charge in [0.2, 0.25) is 5.91 Å². The van der Waals surface area contributed by atoms with Crippen molar-refractivity contribution in [1.82, 2.24) is 0 Å². The number of hydrogen-bond acceptors (Lipinski definition) is 6. The summed E-state index contributed by atoms with van der Waals surface area (Å²) in [4.78, 5) is 37.7. The van der Waals surface area contributed by atoms with Gasteiger partial charge in [0, 0.05) is 11.1 Å². The van der Waals surface area contributed by atoms with E-state index in [0.29, 0.717) is 10.6 Å². The predicted octanol–water partition coefficient (Wildman–Crippen LogP) is 5.49. The molecule has 1 aromatic heterocycles. The van der Waals surface area contributed by atoms with Gasteiger partial charge in [-0.3, -0.25) is 4.79 Å². The summed E-state index contributed by atoms with van der Waals surface area (Å²) >= 11 is 6.93. The van der Waals surface area contributed by atoms with Crippen molar-refractivity contribution in [3.05, 3.63) is 56.9 Å². The highest BCUT2D eigenvalue weighted by Crippen LogP contribution is 2.34. The molecule has 0 saturated heterocycles. The van der Waals surface area contributed by atoms with E-state index >= 15 is 0 Å². The molecule has 6 nitrogen and oxygen atoms in total. The first kappa shape index (κ1) is 23.6.